The summed E-state index contributed by atoms with van der Waals surface area (Å²) in [6.07, 6.45) is 3.36. The number of carbonyl (C=O) groups excluding carboxylic acids is 2. The Morgan fingerprint density at radius 3 is 2.36 bits per heavy atom. The molecular weight excluding hydrogens is 454 g/mol. The summed E-state index contributed by atoms with van der Waals surface area (Å²) in [4.78, 5) is 29.7. The van der Waals surface area contributed by atoms with Crippen LogP contribution in [0.15, 0.2) is 102 Å². The Morgan fingerprint density at radius 1 is 0.889 bits per heavy atom. The molecule has 178 valence electrons. The van der Waals surface area contributed by atoms with E-state index in [1.165, 1.54) is 0 Å². The predicted octanol–water partition coefficient (Wildman–Crippen LogP) is 5.69. The van der Waals surface area contributed by atoms with Crippen molar-refractivity contribution in [2.45, 2.75) is 6.54 Å². The number of methoxy groups -OCH3 is 1. The third-order valence-electron chi connectivity index (χ3n) is 5.77. The fourth-order valence-electron chi connectivity index (χ4n) is 3.93. The zero-order valence-electron chi connectivity index (χ0n) is 19.5. The van der Waals surface area contributed by atoms with Gasteiger partial charge in [0.05, 0.1) is 7.11 Å². The highest BCUT2D eigenvalue weighted by Gasteiger charge is 2.22. The van der Waals surface area contributed by atoms with Crippen molar-refractivity contribution in [2.24, 2.45) is 0 Å². The van der Waals surface area contributed by atoms with Crippen molar-refractivity contribution in [1.29, 1.82) is 0 Å². The summed E-state index contributed by atoms with van der Waals surface area (Å²) < 4.78 is 11.3. The quantitative estimate of drug-likeness (QED) is 0.314. The second kappa shape index (κ2) is 10.1. The molecule has 5 rings (SSSR count). The minimum atomic E-state index is -0.390. The first-order valence-corrected chi connectivity index (χ1v) is 11.4. The fraction of sp³-hybridized carbons (Fsp3) is 0.0690. The lowest BCUT2D eigenvalue weighted by atomic mass is 10.0. The van der Waals surface area contributed by atoms with Crippen LogP contribution in [0.1, 0.15) is 26.5 Å². The summed E-state index contributed by atoms with van der Waals surface area (Å²) >= 11 is 0. The molecule has 0 radical (unpaired) electrons. The number of hydrogen-bond acceptors (Lipinski definition) is 5. The monoisotopic (exact) mass is 477 g/mol. The average molecular weight is 478 g/mol. The number of carbonyl (C=O) groups is 2. The molecule has 0 saturated carbocycles. The Hall–Kier alpha value is -4.91. The molecule has 0 unspecified atom stereocenters. The van der Waals surface area contributed by atoms with Crippen molar-refractivity contribution in [3.63, 3.8) is 0 Å². The molecule has 7 nitrogen and oxygen atoms in total. The largest absolute Gasteiger partial charge is 0.497 e. The van der Waals surface area contributed by atoms with Gasteiger partial charge < -0.3 is 19.8 Å². The van der Waals surface area contributed by atoms with Crippen LogP contribution in [-0.4, -0.2) is 23.9 Å². The summed E-state index contributed by atoms with van der Waals surface area (Å²) in [5, 5.41) is 6.56. The molecule has 2 heterocycles. The molecular formula is C29H23N3O4. The van der Waals surface area contributed by atoms with Crippen molar-refractivity contribution < 1.29 is 18.7 Å². The van der Waals surface area contributed by atoms with Crippen LogP contribution in [0.5, 0.6) is 5.75 Å². The van der Waals surface area contributed by atoms with Crippen LogP contribution in [0.4, 0.5) is 5.69 Å². The summed E-state index contributed by atoms with van der Waals surface area (Å²) in [5.41, 5.74) is 4.12. The molecule has 0 aliphatic heterocycles. The summed E-state index contributed by atoms with van der Waals surface area (Å²) in [6, 6.07) is 25.5. The number of pyridine rings is 1. The van der Waals surface area contributed by atoms with Crippen LogP contribution < -0.4 is 15.4 Å². The van der Waals surface area contributed by atoms with Gasteiger partial charge in [0.2, 0.25) is 5.76 Å². The zero-order chi connectivity index (χ0) is 24.9. The highest BCUT2D eigenvalue weighted by Crippen LogP contribution is 2.37. The minimum Gasteiger partial charge on any atom is -0.497 e. The number of anilines is 1. The molecule has 0 atom stereocenters. The first-order chi connectivity index (χ1) is 17.6. The predicted molar refractivity (Wildman–Crippen MR) is 138 cm³/mol. The van der Waals surface area contributed by atoms with E-state index in [4.69, 9.17) is 9.15 Å². The molecule has 3 aromatic carbocycles. The van der Waals surface area contributed by atoms with E-state index < -0.39 is 0 Å². The number of rotatable bonds is 7. The summed E-state index contributed by atoms with van der Waals surface area (Å²) in [5.74, 6) is 0.241. The Kier molecular flexibility index (Phi) is 6.44. The number of fused-ring (bicyclic) bond motifs is 1. The number of furan rings is 1. The molecule has 0 saturated heterocycles. The molecule has 2 amide bonds. The van der Waals surface area contributed by atoms with E-state index in [1.807, 2.05) is 54.6 Å². The molecule has 36 heavy (non-hydrogen) atoms. The fourth-order valence-corrected chi connectivity index (χ4v) is 3.93. The topological polar surface area (TPSA) is 93.5 Å². The molecule has 0 spiro atoms. The molecule has 0 aliphatic carbocycles. The van der Waals surface area contributed by atoms with E-state index >= 15 is 0 Å². The highest BCUT2D eigenvalue weighted by atomic mass is 16.5. The van der Waals surface area contributed by atoms with Crippen molar-refractivity contribution in [1.82, 2.24) is 10.3 Å². The lowest BCUT2D eigenvalue weighted by Gasteiger charge is -2.08. The van der Waals surface area contributed by atoms with Crippen molar-refractivity contribution in [3.05, 3.63) is 114 Å². The lowest BCUT2D eigenvalue weighted by molar-refractivity contribution is 0.0950. The van der Waals surface area contributed by atoms with Crippen LogP contribution in [0.3, 0.4) is 0 Å². The Balaban J connectivity index is 1.36. The average Bonchev–Trinajstić information content (AvgIpc) is 3.32. The smallest absolute Gasteiger partial charge is 0.292 e. The second-order valence-electron chi connectivity index (χ2n) is 8.10. The molecule has 2 aromatic heterocycles. The van der Waals surface area contributed by atoms with Gasteiger partial charge in [0.25, 0.3) is 11.8 Å². The molecule has 7 heteroatoms. The van der Waals surface area contributed by atoms with Crippen LogP contribution in [0, 0.1) is 0 Å². The van der Waals surface area contributed by atoms with Gasteiger partial charge in [0.15, 0.2) is 0 Å². The van der Waals surface area contributed by atoms with Gasteiger partial charge >= 0.3 is 0 Å². The first-order valence-electron chi connectivity index (χ1n) is 11.4. The van der Waals surface area contributed by atoms with E-state index in [-0.39, 0.29) is 17.6 Å². The van der Waals surface area contributed by atoms with Crippen molar-refractivity contribution in [3.8, 4) is 16.9 Å². The van der Waals surface area contributed by atoms with Crippen LogP contribution in [-0.2, 0) is 6.54 Å². The number of nitrogens with one attached hydrogen (secondary N) is 2. The van der Waals surface area contributed by atoms with E-state index in [9.17, 15) is 9.59 Å². The molecule has 0 aliphatic rings. The molecule has 0 bridgehead atoms. The zero-order valence-corrected chi connectivity index (χ0v) is 19.5. The molecule has 2 N–H and O–H groups in total. The van der Waals surface area contributed by atoms with Crippen LogP contribution >= 0.6 is 0 Å². The summed E-state index contributed by atoms with van der Waals surface area (Å²) in [7, 11) is 1.58. The van der Waals surface area contributed by atoms with Gasteiger partial charge in [-0.2, -0.15) is 0 Å². The Labute approximate surface area is 207 Å². The van der Waals surface area contributed by atoms with Gasteiger partial charge in [0.1, 0.15) is 11.3 Å². The maximum Gasteiger partial charge on any atom is 0.292 e. The Morgan fingerprint density at radius 2 is 1.64 bits per heavy atom. The number of nitrogens with zero attached hydrogens (tertiary/aromatic N) is 1. The summed E-state index contributed by atoms with van der Waals surface area (Å²) in [6.45, 7) is 0.402. The van der Waals surface area contributed by atoms with Gasteiger partial charge in [-0.15, -0.1) is 0 Å². The number of hydrogen-bond donors (Lipinski definition) is 2. The van der Waals surface area contributed by atoms with Crippen molar-refractivity contribution >= 4 is 28.5 Å². The standard InChI is InChI=1S/C29H23N3O4/c1-35-23-11-12-24-25(17-23)36-27(26(24)20-5-3-2-4-6-20)29(34)32-22-9-7-21(8-10-22)28(33)31-18-19-13-15-30-16-14-19/h2-17H,18H2,1H3,(H,31,33)(H,32,34). The van der Waals surface area contributed by atoms with Gasteiger partial charge in [-0.3, -0.25) is 14.6 Å². The van der Waals surface area contributed by atoms with Gasteiger partial charge in [-0.25, -0.2) is 0 Å². The highest BCUT2D eigenvalue weighted by molar-refractivity contribution is 6.12. The van der Waals surface area contributed by atoms with Crippen molar-refractivity contribution in [2.75, 3.05) is 12.4 Å². The van der Waals surface area contributed by atoms with E-state index in [0.29, 0.717) is 34.7 Å². The minimum absolute atomic E-state index is 0.198. The number of amides is 2. The lowest BCUT2D eigenvalue weighted by Crippen LogP contribution is -2.22. The number of benzene rings is 3. The SMILES string of the molecule is COc1ccc2c(-c3ccccc3)c(C(=O)Nc3ccc(C(=O)NCc4ccncc4)cc3)oc2c1. The maximum atomic E-state index is 13.3. The van der Waals surface area contributed by atoms with Crippen LogP contribution in [0.2, 0.25) is 0 Å². The van der Waals surface area contributed by atoms with E-state index in [0.717, 1.165) is 16.5 Å². The number of ether oxygens (including phenoxy) is 1. The maximum absolute atomic E-state index is 13.3. The normalized spacial score (nSPS) is 10.7. The first kappa shape index (κ1) is 22.9. The van der Waals surface area contributed by atoms with Crippen LogP contribution in [0.25, 0.3) is 22.1 Å². The molecule has 0 fully saturated rings. The number of aromatic nitrogens is 1. The van der Waals surface area contributed by atoms with Gasteiger partial charge in [-0.05, 0) is 59.7 Å². The third kappa shape index (κ3) is 4.81. The second-order valence-corrected chi connectivity index (χ2v) is 8.10. The van der Waals surface area contributed by atoms with Gasteiger partial charge in [0, 0.05) is 47.2 Å². The van der Waals surface area contributed by atoms with E-state index in [1.54, 1.807) is 49.8 Å². The van der Waals surface area contributed by atoms with Gasteiger partial charge in [-0.1, -0.05) is 30.3 Å². The third-order valence-corrected chi connectivity index (χ3v) is 5.77. The molecule has 5 aromatic rings. The van der Waals surface area contributed by atoms with E-state index in [2.05, 4.69) is 15.6 Å². The Bertz CT molecular complexity index is 1510.